The molecule has 0 aliphatic heterocycles. The number of esters is 2. The van der Waals surface area contributed by atoms with E-state index in [1.165, 1.54) is 82.6 Å². The number of benzene rings is 1. The lowest BCUT2D eigenvalue weighted by atomic mass is 10.0. The van der Waals surface area contributed by atoms with E-state index < -0.39 is 0 Å². The third-order valence-corrected chi connectivity index (χ3v) is 5.81. The van der Waals surface area contributed by atoms with E-state index in [-0.39, 0.29) is 31.4 Å². The first-order valence-electron chi connectivity index (χ1n) is 13.0. The molecule has 0 unspecified atom stereocenters. The summed E-state index contributed by atoms with van der Waals surface area (Å²) in [6.45, 7) is 4.98. The molecule has 32 heavy (non-hydrogen) atoms. The third-order valence-electron chi connectivity index (χ3n) is 5.81. The van der Waals surface area contributed by atoms with Crippen LogP contribution < -0.4 is 0 Å². The van der Waals surface area contributed by atoms with E-state index in [0.717, 1.165) is 18.4 Å². The molecule has 4 nitrogen and oxygen atoms in total. The Morgan fingerprint density at radius 2 is 1.06 bits per heavy atom. The molecule has 0 bridgehead atoms. The molecular weight excluding hydrogens is 400 g/mol. The topological polar surface area (TPSA) is 52.6 Å². The first kappa shape index (κ1) is 28.2. The van der Waals surface area contributed by atoms with Crippen molar-refractivity contribution in [2.24, 2.45) is 0 Å². The number of rotatable bonds is 20. The molecule has 1 aromatic rings. The number of unbranched alkanes of at least 4 members (excludes halogenated alkanes) is 13. The van der Waals surface area contributed by atoms with E-state index in [1.54, 1.807) is 0 Å². The van der Waals surface area contributed by atoms with Gasteiger partial charge in [-0.1, -0.05) is 120 Å². The van der Waals surface area contributed by atoms with Gasteiger partial charge in [-0.05, 0) is 18.9 Å². The minimum Gasteiger partial charge on any atom is -0.466 e. The minimum absolute atomic E-state index is 0.0729. The molecule has 0 spiro atoms. The molecule has 0 fully saturated rings. The summed E-state index contributed by atoms with van der Waals surface area (Å²) >= 11 is 0. The van der Waals surface area contributed by atoms with Gasteiger partial charge >= 0.3 is 11.9 Å². The summed E-state index contributed by atoms with van der Waals surface area (Å²) in [7, 11) is 0. The Kier molecular flexibility index (Phi) is 17.5. The van der Waals surface area contributed by atoms with E-state index in [4.69, 9.17) is 9.47 Å². The molecular formula is C28H46O4. The lowest BCUT2D eigenvalue weighted by Crippen LogP contribution is -2.11. The van der Waals surface area contributed by atoms with Crippen molar-refractivity contribution in [1.82, 2.24) is 0 Å². The van der Waals surface area contributed by atoms with Gasteiger partial charge in [0, 0.05) is 0 Å². The van der Waals surface area contributed by atoms with Crippen molar-refractivity contribution in [1.29, 1.82) is 0 Å². The van der Waals surface area contributed by atoms with Gasteiger partial charge in [0.2, 0.25) is 0 Å². The molecule has 0 amide bonds. The second-order valence-corrected chi connectivity index (χ2v) is 8.96. The smallest absolute Gasteiger partial charge is 0.306 e. The number of carbonyl (C=O) groups is 2. The van der Waals surface area contributed by atoms with Crippen molar-refractivity contribution in [3.63, 3.8) is 0 Å². The van der Waals surface area contributed by atoms with Crippen LogP contribution in [-0.4, -0.2) is 18.5 Å². The standard InChI is InChI=1S/C28H46O4/c1-3-4-5-6-7-8-9-10-11-12-13-14-15-16-23-31-27(29)21-22-28(30)32-24-26-19-17-25(2)18-20-26/h17-20H,3-16,21-24H2,1-2H3. The third kappa shape index (κ3) is 16.8. The number of carbonyl (C=O) groups excluding carboxylic acids is 2. The fourth-order valence-electron chi connectivity index (χ4n) is 3.68. The Hall–Kier alpha value is -1.84. The molecule has 0 aliphatic rings. The van der Waals surface area contributed by atoms with Gasteiger partial charge in [-0.25, -0.2) is 0 Å². The number of ether oxygens (including phenoxy) is 2. The van der Waals surface area contributed by atoms with E-state index in [1.807, 2.05) is 31.2 Å². The zero-order valence-corrected chi connectivity index (χ0v) is 20.7. The molecule has 4 heteroatoms. The summed E-state index contributed by atoms with van der Waals surface area (Å²) in [5.74, 6) is -0.675. The lowest BCUT2D eigenvalue weighted by Gasteiger charge is -2.07. The van der Waals surface area contributed by atoms with Crippen molar-refractivity contribution in [3.8, 4) is 0 Å². The van der Waals surface area contributed by atoms with Crippen molar-refractivity contribution < 1.29 is 19.1 Å². The van der Waals surface area contributed by atoms with Crippen molar-refractivity contribution in [2.75, 3.05) is 6.61 Å². The van der Waals surface area contributed by atoms with Crippen LogP contribution in [0.3, 0.4) is 0 Å². The van der Waals surface area contributed by atoms with Gasteiger partial charge in [0.05, 0.1) is 19.4 Å². The SMILES string of the molecule is CCCCCCCCCCCCCCCCOC(=O)CCC(=O)OCc1ccc(C)cc1. The minimum atomic E-state index is -0.362. The van der Waals surface area contributed by atoms with Gasteiger partial charge in [-0.3, -0.25) is 9.59 Å². The van der Waals surface area contributed by atoms with Gasteiger partial charge in [-0.2, -0.15) is 0 Å². The van der Waals surface area contributed by atoms with Crippen LogP contribution in [0.2, 0.25) is 0 Å². The zero-order valence-electron chi connectivity index (χ0n) is 20.7. The molecule has 1 rings (SSSR count). The number of hydrogen-bond donors (Lipinski definition) is 0. The van der Waals surface area contributed by atoms with Gasteiger partial charge in [0.25, 0.3) is 0 Å². The molecule has 0 N–H and O–H groups in total. The number of hydrogen-bond acceptors (Lipinski definition) is 4. The second-order valence-electron chi connectivity index (χ2n) is 8.96. The normalized spacial score (nSPS) is 10.8. The summed E-state index contributed by atoms with van der Waals surface area (Å²) in [6, 6.07) is 7.84. The second kappa shape index (κ2) is 19.8. The highest BCUT2D eigenvalue weighted by Gasteiger charge is 2.09. The van der Waals surface area contributed by atoms with Crippen LogP contribution in [0.15, 0.2) is 24.3 Å². The fraction of sp³-hybridized carbons (Fsp3) is 0.714. The molecule has 1 aromatic carbocycles. The van der Waals surface area contributed by atoms with Crippen molar-refractivity contribution in [2.45, 2.75) is 123 Å². The summed E-state index contributed by atoms with van der Waals surface area (Å²) < 4.78 is 10.4. The first-order chi connectivity index (χ1) is 15.6. The average Bonchev–Trinajstić information content (AvgIpc) is 2.80. The fourth-order valence-corrected chi connectivity index (χ4v) is 3.68. The Morgan fingerprint density at radius 3 is 1.56 bits per heavy atom. The highest BCUT2D eigenvalue weighted by Crippen LogP contribution is 2.13. The molecule has 182 valence electrons. The molecule has 0 aliphatic carbocycles. The predicted molar refractivity (Wildman–Crippen MR) is 131 cm³/mol. The van der Waals surface area contributed by atoms with Crippen molar-refractivity contribution >= 4 is 11.9 Å². The Balaban J connectivity index is 1.84. The van der Waals surface area contributed by atoms with Crippen LogP contribution >= 0.6 is 0 Å². The molecule has 0 heterocycles. The Labute approximate surface area is 196 Å². The zero-order chi connectivity index (χ0) is 23.3. The summed E-state index contributed by atoms with van der Waals surface area (Å²) in [6.07, 6.45) is 18.4. The Bertz CT molecular complexity index is 594. The van der Waals surface area contributed by atoms with Crippen LogP contribution in [0.5, 0.6) is 0 Å². The van der Waals surface area contributed by atoms with Crippen LogP contribution in [0.4, 0.5) is 0 Å². The summed E-state index contributed by atoms with van der Waals surface area (Å²) in [4.78, 5) is 23.5. The average molecular weight is 447 g/mol. The van der Waals surface area contributed by atoms with E-state index in [2.05, 4.69) is 6.92 Å². The number of aryl methyl sites for hydroxylation is 1. The monoisotopic (exact) mass is 446 g/mol. The highest BCUT2D eigenvalue weighted by molar-refractivity contribution is 5.77. The van der Waals surface area contributed by atoms with E-state index in [9.17, 15) is 9.59 Å². The van der Waals surface area contributed by atoms with Crippen LogP contribution in [0, 0.1) is 6.92 Å². The van der Waals surface area contributed by atoms with Gasteiger partial charge in [-0.15, -0.1) is 0 Å². The summed E-state index contributed by atoms with van der Waals surface area (Å²) in [5, 5.41) is 0. The van der Waals surface area contributed by atoms with Crippen LogP contribution in [0.1, 0.15) is 121 Å². The maximum absolute atomic E-state index is 11.8. The van der Waals surface area contributed by atoms with Crippen LogP contribution in [-0.2, 0) is 25.7 Å². The van der Waals surface area contributed by atoms with Gasteiger partial charge < -0.3 is 9.47 Å². The molecule has 0 aromatic heterocycles. The molecule has 0 atom stereocenters. The first-order valence-corrected chi connectivity index (χ1v) is 13.0. The maximum Gasteiger partial charge on any atom is 0.306 e. The highest BCUT2D eigenvalue weighted by atomic mass is 16.5. The predicted octanol–water partition coefficient (Wildman–Crippen LogP) is 7.84. The van der Waals surface area contributed by atoms with Crippen LogP contribution in [0.25, 0.3) is 0 Å². The van der Waals surface area contributed by atoms with E-state index >= 15 is 0 Å². The molecule has 0 saturated heterocycles. The molecule has 0 saturated carbocycles. The maximum atomic E-state index is 11.8. The van der Waals surface area contributed by atoms with Gasteiger partial charge in [0.1, 0.15) is 6.61 Å². The van der Waals surface area contributed by atoms with E-state index in [0.29, 0.717) is 6.61 Å². The molecule has 0 radical (unpaired) electrons. The quantitative estimate of drug-likeness (QED) is 0.151. The summed E-state index contributed by atoms with van der Waals surface area (Å²) in [5.41, 5.74) is 2.12. The van der Waals surface area contributed by atoms with Gasteiger partial charge in [0.15, 0.2) is 0 Å². The lowest BCUT2D eigenvalue weighted by molar-refractivity contribution is -0.151. The van der Waals surface area contributed by atoms with Crippen molar-refractivity contribution in [3.05, 3.63) is 35.4 Å². The largest absolute Gasteiger partial charge is 0.466 e. The Morgan fingerprint density at radius 1 is 0.625 bits per heavy atom.